The number of hydrogen-bond acceptors (Lipinski definition) is 4. The highest BCUT2D eigenvalue weighted by Gasteiger charge is 2.07. The Balaban J connectivity index is 1.62. The van der Waals surface area contributed by atoms with Crippen LogP contribution >= 0.6 is 0 Å². The van der Waals surface area contributed by atoms with E-state index in [4.69, 9.17) is 9.47 Å². The monoisotopic (exact) mass is 404 g/mol. The van der Waals surface area contributed by atoms with Gasteiger partial charge in [0.1, 0.15) is 0 Å². The van der Waals surface area contributed by atoms with Gasteiger partial charge in [-0.1, -0.05) is 55.8 Å². The number of hydrazone groups is 1. The minimum absolute atomic E-state index is 0.160. The fourth-order valence-electron chi connectivity index (χ4n) is 3.16. The minimum Gasteiger partial charge on any atom is -0.490 e. The smallest absolute Gasteiger partial charge is 0.244 e. The molecule has 0 aliphatic rings. The number of benzene rings is 3. The summed E-state index contributed by atoms with van der Waals surface area (Å²) in [7, 11) is 0. The SMILES string of the molecule is CCCCOc1ccc(/C=N/NC(=O)Cc2cccc3ccccc23)cc1OCC. The van der Waals surface area contributed by atoms with Gasteiger partial charge in [-0.2, -0.15) is 5.10 Å². The standard InChI is InChI=1S/C25H28N2O3/c1-3-5-15-30-23-14-13-19(16-24(23)29-4-2)18-26-27-25(28)17-21-11-8-10-20-9-6-7-12-22(20)21/h6-14,16,18H,3-5,15,17H2,1-2H3,(H,27,28)/b26-18+. The zero-order valence-electron chi connectivity index (χ0n) is 17.6. The second-order valence-electron chi connectivity index (χ2n) is 6.95. The Kier molecular flexibility index (Phi) is 7.84. The van der Waals surface area contributed by atoms with Crippen molar-refractivity contribution in [3.8, 4) is 11.5 Å². The van der Waals surface area contributed by atoms with E-state index in [1.165, 1.54) is 0 Å². The van der Waals surface area contributed by atoms with Crippen molar-refractivity contribution >= 4 is 22.9 Å². The molecule has 30 heavy (non-hydrogen) atoms. The molecule has 0 aliphatic heterocycles. The normalized spacial score (nSPS) is 11.0. The van der Waals surface area contributed by atoms with Crippen LogP contribution in [-0.2, 0) is 11.2 Å². The van der Waals surface area contributed by atoms with E-state index in [0.717, 1.165) is 40.5 Å². The van der Waals surface area contributed by atoms with Gasteiger partial charge < -0.3 is 9.47 Å². The lowest BCUT2D eigenvalue weighted by molar-refractivity contribution is -0.120. The van der Waals surface area contributed by atoms with E-state index in [1.807, 2.05) is 67.6 Å². The lowest BCUT2D eigenvalue weighted by Crippen LogP contribution is -2.19. The minimum atomic E-state index is -0.160. The van der Waals surface area contributed by atoms with Gasteiger partial charge in [-0.25, -0.2) is 5.43 Å². The van der Waals surface area contributed by atoms with E-state index in [0.29, 0.717) is 19.0 Å². The predicted molar refractivity (Wildman–Crippen MR) is 121 cm³/mol. The molecule has 0 aliphatic carbocycles. The van der Waals surface area contributed by atoms with Crippen molar-refractivity contribution in [1.29, 1.82) is 0 Å². The van der Waals surface area contributed by atoms with Crippen molar-refractivity contribution in [1.82, 2.24) is 5.43 Å². The molecule has 0 unspecified atom stereocenters. The molecule has 0 bridgehead atoms. The summed E-state index contributed by atoms with van der Waals surface area (Å²) >= 11 is 0. The molecule has 1 N–H and O–H groups in total. The second-order valence-corrected chi connectivity index (χ2v) is 6.95. The molecule has 156 valence electrons. The average Bonchev–Trinajstić information content (AvgIpc) is 2.76. The van der Waals surface area contributed by atoms with Crippen LogP contribution in [0, 0.1) is 0 Å². The van der Waals surface area contributed by atoms with Gasteiger partial charge in [0.25, 0.3) is 0 Å². The summed E-state index contributed by atoms with van der Waals surface area (Å²) in [5, 5.41) is 6.31. The van der Waals surface area contributed by atoms with Crippen molar-refractivity contribution in [2.75, 3.05) is 13.2 Å². The molecule has 3 rings (SSSR count). The summed E-state index contributed by atoms with van der Waals surface area (Å²) < 4.78 is 11.5. The summed E-state index contributed by atoms with van der Waals surface area (Å²) in [6, 6.07) is 19.7. The first kappa shape index (κ1) is 21.4. The maximum Gasteiger partial charge on any atom is 0.244 e. The second kappa shape index (κ2) is 11.0. The van der Waals surface area contributed by atoms with Crippen molar-refractivity contribution in [3.05, 3.63) is 71.8 Å². The van der Waals surface area contributed by atoms with E-state index in [9.17, 15) is 4.79 Å². The first-order chi connectivity index (χ1) is 14.7. The fourth-order valence-corrected chi connectivity index (χ4v) is 3.16. The third-order valence-corrected chi connectivity index (χ3v) is 4.66. The highest BCUT2D eigenvalue weighted by atomic mass is 16.5. The molecule has 0 spiro atoms. The summed E-state index contributed by atoms with van der Waals surface area (Å²) in [6.45, 7) is 5.27. The maximum absolute atomic E-state index is 12.3. The molecule has 0 aromatic heterocycles. The van der Waals surface area contributed by atoms with E-state index in [-0.39, 0.29) is 12.3 Å². The van der Waals surface area contributed by atoms with Gasteiger partial charge in [-0.15, -0.1) is 0 Å². The van der Waals surface area contributed by atoms with Gasteiger partial charge in [0.15, 0.2) is 11.5 Å². The number of fused-ring (bicyclic) bond motifs is 1. The Morgan fingerprint density at radius 3 is 2.67 bits per heavy atom. The molecule has 5 nitrogen and oxygen atoms in total. The predicted octanol–water partition coefficient (Wildman–Crippen LogP) is 5.11. The molecule has 0 saturated carbocycles. The summed E-state index contributed by atoms with van der Waals surface area (Å²) in [4.78, 5) is 12.3. The van der Waals surface area contributed by atoms with Crippen LogP contribution < -0.4 is 14.9 Å². The highest BCUT2D eigenvalue weighted by Crippen LogP contribution is 2.28. The molecule has 5 heteroatoms. The molecular weight excluding hydrogens is 376 g/mol. The van der Waals surface area contributed by atoms with E-state index >= 15 is 0 Å². The molecule has 3 aromatic rings. The molecule has 0 fully saturated rings. The van der Waals surface area contributed by atoms with E-state index in [1.54, 1.807) is 6.21 Å². The summed E-state index contributed by atoms with van der Waals surface area (Å²) in [5.74, 6) is 1.24. The number of amides is 1. The first-order valence-corrected chi connectivity index (χ1v) is 10.4. The van der Waals surface area contributed by atoms with Crippen LogP contribution in [0.5, 0.6) is 11.5 Å². The third kappa shape index (κ3) is 5.83. The molecule has 0 radical (unpaired) electrons. The molecule has 0 atom stereocenters. The zero-order chi connectivity index (χ0) is 21.2. The van der Waals surface area contributed by atoms with Crippen molar-refractivity contribution in [2.45, 2.75) is 33.1 Å². The van der Waals surface area contributed by atoms with Crippen LogP contribution in [0.4, 0.5) is 0 Å². The van der Waals surface area contributed by atoms with Crippen LogP contribution in [0.3, 0.4) is 0 Å². The average molecular weight is 405 g/mol. The number of unbranched alkanes of at least 4 members (excludes halogenated alkanes) is 1. The maximum atomic E-state index is 12.3. The summed E-state index contributed by atoms with van der Waals surface area (Å²) in [5.41, 5.74) is 4.42. The lowest BCUT2D eigenvalue weighted by Gasteiger charge is -2.12. The Morgan fingerprint density at radius 2 is 1.83 bits per heavy atom. The van der Waals surface area contributed by atoms with Crippen LogP contribution in [0.15, 0.2) is 65.8 Å². The van der Waals surface area contributed by atoms with Crippen LogP contribution in [0.2, 0.25) is 0 Å². The number of nitrogens with zero attached hydrogens (tertiary/aromatic N) is 1. The van der Waals surface area contributed by atoms with Gasteiger partial charge in [-0.3, -0.25) is 4.79 Å². The number of ether oxygens (including phenoxy) is 2. The van der Waals surface area contributed by atoms with Crippen LogP contribution in [-0.4, -0.2) is 25.3 Å². The highest BCUT2D eigenvalue weighted by molar-refractivity contribution is 5.90. The van der Waals surface area contributed by atoms with E-state index in [2.05, 4.69) is 17.5 Å². The van der Waals surface area contributed by atoms with Crippen molar-refractivity contribution in [3.63, 3.8) is 0 Å². The van der Waals surface area contributed by atoms with Gasteiger partial charge in [0, 0.05) is 0 Å². The Labute approximate surface area is 177 Å². The number of nitrogens with one attached hydrogen (secondary N) is 1. The zero-order valence-corrected chi connectivity index (χ0v) is 17.6. The van der Waals surface area contributed by atoms with Gasteiger partial charge in [0.05, 0.1) is 25.8 Å². The molecular formula is C25H28N2O3. The van der Waals surface area contributed by atoms with Gasteiger partial charge in [-0.05, 0) is 53.4 Å². The Hall–Kier alpha value is -3.34. The number of carbonyl (C=O) groups excluding carboxylic acids is 1. The lowest BCUT2D eigenvalue weighted by atomic mass is 10.0. The third-order valence-electron chi connectivity index (χ3n) is 4.66. The Morgan fingerprint density at radius 1 is 1.00 bits per heavy atom. The van der Waals surface area contributed by atoms with Crippen molar-refractivity contribution < 1.29 is 14.3 Å². The van der Waals surface area contributed by atoms with Gasteiger partial charge >= 0.3 is 0 Å². The van der Waals surface area contributed by atoms with Crippen molar-refractivity contribution in [2.24, 2.45) is 5.10 Å². The Bertz CT molecular complexity index is 1010. The van der Waals surface area contributed by atoms with E-state index < -0.39 is 0 Å². The largest absolute Gasteiger partial charge is 0.490 e. The number of hydrogen-bond donors (Lipinski definition) is 1. The fraction of sp³-hybridized carbons (Fsp3) is 0.280. The molecule has 0 saturated heterocycles. The number of carbonyl (C=O) groups is 1. The molecule has 0 heterocycles. The number of rotatable bonds is 10. The first-order valence-electron chi connectivity index (χ1n) is 10.4. The quantitative estimate of drug-likeness (QED) is 0.290. The molecule has 1 amide bonds. The molecule has 3 aromatic carbocycles. The summed E-state index contributed by atoms with van der Waals surface area (Å²) in [6.07, 6.45) is 3.96. The van der Waals surface area contributed by atoms with Gasteiger partial charge in [0.2, 0.25) is 5.91 Å². The topological polar surface area (TPSA) is 59.9 Å². The van der Waals surface area contributed by atoms with Crippen LogP contribution in [0.25, 0.3) is 10.8 Å². The van der Waals surface area contributed by atoms with Crippen LogP contribution in [0.1, 0.15) is 37.8 Å².